The van der Waals surface area contributed by atoms with E-state index in [-0.39, 0.29) is 6.61 Å². The second-order valence-corrected chi connectivity index (χ2v) is 3.95. The average Bonchev–Trinajstić information content (AvgIpc) is 2.35. The van der Waals surface area contributed by atoms with Crippen LogP contribution in [-0.2, 0) is 6.42 Å². The lowest BCUT2D eigenvalue weighted by atomic mass is 9.95. The summed E-state index contributed by atoms with van der Waals surface area (Å²) in [5, 5.41) is 20.0. The number of aryl methyl sites for hydroxylation is 1. The van der Waals surface area contributed by atoms with Gasteiger partial charge < -0.3 is 10.2 Å². The summed E-state index contributed by atoms with van der Waals surface area (Å²) >= 11 is 0. The maximum Gasteiger partial charge on any atom is 0.335 e. The SMILES string of the molecule is O=C(O)c1ccc2ccccc2c1CCCO. The summed E-state index contributed by atoms with van der Waals surface area (Å²) in [5.41, 5.74) is 1.14. The summed E-state index contributed by atoms with van der Waals surface area (Å²) in [7, 11) is 0. The van der Waals surface area contributed by atoms with E-state index in [0.717, 1.165) is 16.3 Å². The molecule has 2 aromatic carbocycles. The number of hydrogen-bond acceptors (Lipinski definition) is 2. The van der Waals surface area contributed by atoms with Gasteiger partial charge in [-0.3, -0.25) is 0 Å². The summed E-state index contributed by atoms with van der Waals surface area (Å²) in [5.74, 6) is -0.913. The van der Waals surface area contributed by atoms with Gasteiger partial charge in [0.2, 0.25) is 0 Å². The van der Waals surface area contributed by atoms with Crippen molar-refractivity contribution in [1.82, 2.24) is 0 Å². The Morgan fingerprint density at radius 3 is 2.59 bits per heavy atom. The molecule has 88 valence electrons. The highest BCUT2D eigenvalue weighted by Gasteiger charge is 2.12. The van der Waals surface area contributed by atoms with Crippen LogP contribution in [0.25, 0.3) is 10.8 Å². The van der Waals surface area contributed by atoms with Crippen LogP contribution in [0.2, 0.25) is 0 Å². The molecule has 0 saturated heterocycles. The zero-order valence-corrected chi connectivity index (χ0v) is 9.39. The number of rotatable bonds is 4. The lowest BCUT2D eigenvalue weighted by Crippen LogP contribution is -2.04. The van der Waals surface area contributed by atoms with Crippen molar-refractivity contribution >= 4 is 16.7 Å². The molecule has 0 amide bonds. The van der Waals surface area contributed by atoms with E-state index in [0.29, 0.717) is 18.4 Å². The Balaban J connectivity index is 2.61. The molecule has 0 bridgehead atoms. The van der Waals surface area contributed by atoms with Gasteiger partial charge in [-0.1, -0.05) is 30.3 Å². The fourth-order valence-electron chi connectivity index (χ4n) is 2.06. The first-order chi connectivity index (χ1) is 8.24. The molecule has 0 saturated carbocycles. The van der Waals surface area contributed by atoms with Crippen molar-refractivity contribution < 1.29 is 15.0 Å². The first kappa shape index (κ1) is 11.6. The van der Waals surface area contributed by atoms with Crippen LogP contribution < -0.4 is 0 Å². The molecule has 0 atom stereocenters. The summed E-state index contributed by atoms with van der Waals surface area (Å²) in [6, 6.07) is 11.2. The number of carbonyl (C=O) groups is 1. The van der Waals surface area contributed by atoms with E-state index >= 15 is 0 Å². The van der Waals surface area contributed by atoms with Crippen molar-refractivity contribution in [3.05, 3.63) is 47.5 Å². The lowest BCUT2D eigenvalue weighted by molar-refractivity contribution is 0.0695. The van der Waals surface area contributed by atoms with Crippen LogP contribution >= 0.6 is 0 Å². The van der Waals surface area contributed by atoms with Crippen molar-refractivity contribution in [3.63, 3.8) is 0 Å². The molecule has 2 rings (SSSR count). The monoisotopic (exact) mass is 230 g/mol. The first-order valence-electron chi connectivity index (χ1n) is 5.59. The number of aliphatic hydroxyl groups is 1. The molecule has 0 unspecified atom stereocenters. The van der Waals surface area contributed by atoms with Crippen molar-refractivity contribution in [2.24, 2.45) is 0 Å². The van der Waals surface area contributed by atoms with Gasteiger partial charge in [-0.25, -0.2) is 4.79 Å². The van der Waals surface area contributed by atoms with E-state index in [2.05, 4.69) is 0 Å². The zero-order chi connectivity index (χ0) is 12.3. The molecule has 0 aliphatic heterocycles. The number of aliphatic hydroxyl groups excluding tert-OH is 1. The third-order valence-electron chi connectivity index (χ3n) is 2.86. The third-order valence-corrected chi connectivity index (χ3v) is 2.86. The maximum atomic E-state index is 11.2. The number of hydrogen-bond donors (Lipinski definition) is 2. The van der Waals surface area contributed by atoms with E-state index in [4.69, 9.17) is 10.2 Å². The maximum absolute atomic E-state index is 11.2. The quantitative estimate of drug-likeness (QED) is 0.848. The molecule has 2 aromatic rings. The van der Waals surface area contributed by atoms with Gasteiger partial charge in [-0.15, -0.1) is 0 Å². The predicted molar refractivity (Wildman–Crippen MR) is 66.3 cm³/mol. The predicted octanol–water partition coefficient (Wildman–Crippen LogP) is 2.46. The fourth-order valence-corrected chi connectivity index (χ4v) is 2.06. The third kappa shape index (κ3) is 2.29. The number of carboxylic acids is 1. The topological polar surface area (TPSA) is 57.5 Å². The molecule has 17 heavy (non-hydrogen) atoms. The van der Waals surface area contributed by atoms with E-state index < -0.39 is 5.97 Å². The average molecular weight is 230 g/mol. The van der Waals surface area contributed by atoms with Gasteiger partial charge in [-0.05, 0) is 35.2 Å². The standard InChI is InChI=1S/C14H14O3/c15-9-3-6-12-11-5-2-1-4-10(11)7-8-13(12)14(16)17/h1-2,4-5,7-8,15H,3,6,9H2,(H,16,17). The minimum atomic E-state index is -0.913. The molecular formula is C14H14O3. The van der Waals surface area contributed by atoms with Gasteiger partial charge in [-0.2, -0.15) is 0 Å². The Bertz CT molecular complexity index is 546. The fraction of sp³-hybridized carbons (Fsp3) is 0.214. The molecular weight excluding hydrogens is 216 g/mol. The highest BCUT2D eigenvalue weighted by atomic mass is 16.4. The van der Waals surface area contributed by atoms with E-state index in [9.17, 15) is 4.79 Å². The number of carboxylic acid groups (broad SMARTS) is 1. The highest BCUT2D eigenvalue weighted by Crippen LogP contribution is 2.23. The second kappa shape index (κ2) is 4.97. The molecule has 3 nitrogen and oxygen atoms in total. The largest absolute Gasteiger partial charge is 0.478 e. The summed E-state index contributed by atoms with van der Waals surface area (Å²) < 4.78 is 0. The van der Waals surface area contributed by atoms with Crippen molar-refractivity contribution in [1.29, 1.82) is 0 Å². The molecule has 0 fully saturated rings. The van der Waals surface area contributed by atoms with Crippen LogP contribution in [0.15, 0.2) is 36.4 Å². The van der Waals surface area contributed by atoms with Crippen LogP contribution in [0.4, 0.5) is 0 Å². The minimum Gasteiger partial charge on any atom is -0.478 e. The molecule has 0 aliphatic carbocycles. The molecule has 0 spiro atoms. The highest BCUT2D eigenvalue weighted by molar-refractivity contribution is 5.97. The molecule has 0 aromatic heterocycles. The van der Waals surface area contributed by atoms with Gasteiger partial charge >= 0.3 is 5.97 Å². The summed E-state index contributed by atoms with van der Waals surface area (Å²) in [4.78, 5) is 11.2. The van der Waals surface area contributed by atoms with Crippen LogP contribution in [0, 0.1) is 0 Å². The van der Waals surface area contributed by atoms with Crippen LogP contribution in [-0.4, -0.2) is 22.8 Å². The van der Waals surface area contributed by atoms with Gasteiger partial charge in [0.05, 0.1) is 5.56 Å². The van der Waals surface area contributed by atoms with Gasteiger partial charge in [0, 0.05) is 6.61 Å². The summed E-state index contributed by atoms with van der Waals surface area (Å²) in [6.07, 6.45) is 1.16. The Morgan fingerprint density at radius 2 is 1.88 bits per heavy atom. The Labute approximate surface area is 99.3 Å². The van der Waals surface area contributed by atoms with Crippen molar-refractivity contribution in [2.45, 2.75) is 12.8 Å². The molecule has 3 heteroatoms. The van der Waals surface area contributed by atoms with Crippen molar-refractivity contribution in [2.75, 3.05) is 6.61 Å². The normalized spacial score (nSPS) is 10.6. The number of aromatic carboxylic acids is 1. The smallest absolute Gasteiger partial charge is 0.335 e. The van der Waals surface area contributed by atoms with Gasteiger partial charge in [0.1, 0.15) is 0 Å². The Kier molecular flexibility index (Phi) is 3.40. The van der Waals surface area contributed by atoms with Crippen molar-refractivity contribution in [3.8, 4) is 0 Å². The molecule has 0 aliphatic rings. The second-order valence-electron chi connectivity index (χ2n) is 3.95. The number of fused-ring (bicyclic) bond motifs is 1. The minimum absolute atomic E-state index is 0.0717. The summed E-state index contributed by atoms with van der Waals surface area (Å²) in [6.45, 7) is 0.0717. The van der Waals surface area contributed by atoms with Gasteiger partial charge in [0.25, 0.3) is 0 Å². The van der Waals surface area contributed by atoms with Gasteiger partial charge in [0.15, 0.2) is 0 Å². The lowest BCUT2D eigenvalue weighted by Gasteiger charge is -2.09. The van der Waals surface area contributed by atoms with E-state index in [1.807, 2.05) is 30.3 Å². The van der Waals surface area contributed by atoms with Crippen LogP contribution in [0.5, 0.6) is 0 Å². The Morgan fingerprint density at radius 1 is 1.12 bits per heavy atom. The molecule has 0 radical (unpaired) electrons. The van der Waals surface area contributed by atoms with E-state index in [1.54, 1.807) is 6.07 Å². The molecule has 0 heterocycles. The molecule has 2 N–H and O–H groups in total. The van der Waals surface area contributed by atoms with Crippen LogP contribution in [0.1, 0.15) is 22.3 Å². The van der Waals surface area contributed by atoms with Crippen LogP contribution in [0.3, 0.4) is 0 Å². The zero-order valence-electron chi connectivity index (χ0n) is 9.39. The first-order valence-corrected chi connectivity index (χ1v) is 5.59. The van der Waals surface area contributed by atoms with E-state index in [1.165, 1.54) is 0 Å². The number of benzene rings is 2. The Hall–Kier alpha value is -1.87.